The molecule has 30 heavy (non-hydrogen) atoms. The molecule has 0 unspecified atom stereocenters. The summed E-state index contributed by atoms with van der Waals surface area (Å²) in [5.41, 5.74) is 9.44. The molecule has 0 radical (unpaired) electrons. The van der Waals surface area contributed by atoms with E-state index in [0.717, 1.165) is 0 Å². The summed E-state index contributed by atoms with van der Waals surface area (Å²) >= 11 is 12.4. The van der Waals surface area contributed by atoms with Gasteiger partial charge in [-0.15, -0.1) is 0 Å². The number of nitrogens with zero attached hydrogens (tertiary/aromatic N) is 3. The van der Waals surface area contributed by atoms with Crippen LogP contribution in [0.3, 0.4) is 0 Å². The fourth-order valence-electron chi connectivity index (χ4n) is 2.75. The molecular formula is C20H19Cl2N5O3. The van der Waals surface area contributed by atoms with E-state index < -0.39 is 18.4 Å². The number of nitrogens with two attached hydrogens (primary N) is 1. The summed E-state index contributed by atoms with van der Waals surface area (Å²) in [7, 11) is 3.32. The van der Waals surface area contributed by atoms with Crippen molar-refractivity contribution in [2.75, 3.05) is 20.7 Å². The van der Waals surface area contributed by atoms with Crippen molar-refractivity contribution in [2.45, 2.75) is 0 Å². The van der Waals surface area contributed by atoms with Gasteiger partial charge in [-0.3, -0.25) is 15.0 Å². The molecule has 0 aliphatic heterocycles. The third-order valence-electron chi connectivity index (χ3n) is 3.94. The topological polar surface area (TPSA) is 102 Å². The van der Waals surface area contributed by atoms with Crippen LogP contribution in [0.1, 0.15) is 10.5 Å². The SMILES string of the molecule is CN(C)NC(=O)c1nn(-c2ccccc2Cl)c(-c2ccc(Cl)cc2)c1OCC(N)=O. The summed E-state index contributed by atoms with van der Waals surface area (Å²) in [6.45, 7) is -0.433. The minimum Gasteiger partial charge on any atom is -0.479 e. The molecule has 2 amide bonds. The maximum atomic E-state index is 12.8. The Bertz CT molecular complexity index is 1080. The molecule has 0 aliphatic rings. The highest BCUT2D eigenvalue weighted by Crippen LogP contribution is 2.37. The number of benzene rings is 2. The van der Waals surface area contributed by atoms with Gasteiger partial charge in [0.25, 0.3) is 11.8 Å². The maximum Gasteiger partial charge on any atom is 0.289 e. The summed E-state index contributed by atoms with van der Waals surface area (Å²) in [5, 5.41) is 6.87. The zero-order valence-electron chi connectivity index (χ0n) is 16.2. The third-order valence-corrected chi connectivity index (χ3v) is 4.51. The van der Waals surface area contributed by atoms with E-state index in [1.165, 1.54) is 9.69 Å². The van der Waals surface area contributed by atoms with E-state index in [1.807, 2.05) is 0 Å². The number of amides is 2. The summed E-state index contributed by atoms with van der Waals surface area (Å²) < 4.78 is 7.14. The quantitative estimate of drug-likeness (QED) is 0.542. The van der Waals surface area contributed by atoms with Gasteiger partial charge in [-0.25, -0.2) is 9.69 Å². The fraction of sp³-hybridized carbons (Fsp3) is 0.150. The average molecular weight is 448 g/mol. The Labute approximate surface area is 183 Å². The molecule has 0 atom stereocenters. The molecule has 2 aromatic carbocycles. The van der Waals surface area contributed by atoms with Crippen molar-refractivity contribution < 1.29 is 14.3 Å². The number of rotatable bonds is 7. The number of nitrogens with one attached hydrogen (secondary N) is 1. The van der Waals surface area contributed by atoms with Gasteiger partial charge < -0.3 is 10.5 Å². The zero-order chi connectivity index (χ0) is 21.8. The second-order valence-electron chi connectivity index (χ2n) is 6.49. The molecule has 1 aromatic heterocycles. The first-order valence-corrected chi connectivity index (χ1v) is 9.56. The van der Waals surface area contributed by atoms with Gasteiger partial charge in [0.2, 0.25) is 0 Å². The van der Waals surface area contributed by atoms with Crippen LogP contribution in [0.4, 0.5) is 0 Å². The molecule has 0 spiro atoms. The number of hydrazine groups is 1. The monoisotopic (exact) mass is 447 g/mol. The number of para-hydroxylation sites is 1. The van der Waals surface area contributed by atoms with Gasteiger partial charge in [0, 0.05) is 24.7 Å². The predicted molar refractivity (Wildman–Crippen MR) is 115 cm³/mol. The largest absolute Gasteiger partial charge is 0.479 e. The molecule has 0 saturated carbocycles. The van der Waals surface area contributed by atoms with Crippen molar-refractivity contribution in [1.29, 1.82) is 0 Å². The van der Waals surface area contributed by atoms with Crippen LogP contribution in [0, 0.1) is 0 Å². The molecule has 8 nitrogen and oxygen atoms in total. The molecule has 0 aliphatic carbocycles. The lowest BCUT2D eigenvalue weighted by atomic mass is 10.1. The van der Waals surface area contributed by atoms with Crippen LogP contribution < -0.4 is 15.9 Å². The van der Waals surface area contributed by atoms with Gasteiger partial charge in [0.1, 0.15) is 5.69 Å². The van der Waals surface area contributed by atoms with Crippen LogP contribution in [-0.4, -0.2) is 47.3 Å². The Balaban J connectivity index is 2.29. The number of hydrogen-bond acceptors (Lipinski definition) is 5. The van der Waals surface area contributed by atoms with Gasteiger partial charge in [0.05, 0.1) is 10.7 Å². The Morgan fingerprint density at radius 1 is 1.13 bits per heavy atom. The minimum absolute atomic E-state index is 0.0326. The van der Waals surface area contributed by atoms with Crippen molar-refractivity contribution in [3.8, 4) is 22.7 Å². The zero-order valence-corrected chi connectivity index (χ0v) is 17.7. The summed E-state index contributed by atoms with van der Waals surface area (Å²) in [6, 6.07) is 13.9. The van der Waals surface area contributed by atoms with E-state index in [2.05, 4.69) is 10.5 Å². The second-order valence-corrected chi connectivity index (χ2v) is 7.33. The van der Waals surface area contributed by atoms with Crippen molar-refractivity contribution >= 4 is 35.0 Å². The van der Waals surface area contributed by atoms with E-state index >= 15 is 0 Å². The molecule has 0 bridgehead atoms. The number of primary amides is 1. The maximum absolute atomic E-state index is 12.8. The standard InChI is InChI=1S/C20H19Cl2N5O3/c1-26(2)25-20(29)17-19(30-11-16(23)28)18(12-7-9-13(21)10-8-12)27(24-17)15-6-4-3-5-14(15)22/h3-10H,11H2,1-2H3,(H2,23,28)(H,25,29). The van der Waals surface area contributed by atoms with E-state index in [-0.39, 0.29) is 11.4 Å². The number of aromatic nitrogens is 2. The van der Waals surface area contributed by atoms with Crippen LogP contribution >= 0.6 is 23.2 Å². The lowest BCUT2D eigenvalue weighted by molar-refractivity contribution is -0.119. The lowest BCUT2D eigenvalue weighted by Crippen LogP contribution is -2.36. The molecule has 3 aromatic rings. The second kappa shape index (κ2) is 9.17. The average Bonchev–Trinajstić information content (AvgIpc) is 3.06. The lowest BCUT2D eigenvalue weighted by Gasteiger charge is -2.12. The van der Waals surface area contributed by atoms with Crippen LogP contribution in [0.15, 0.2) is 48.5 Å². The number of halogens is 2. The minimum atomic E-state index is -0.693. The number of carbonyl (C=O) groups is 2. The van der Waals surface area contributed by atoms with Crippen LogP contribution in [0.5, 0.6) is 5.75 Å². The molecule has 3 N–H and O–H groups in total. The van der Waals surface area contributed by atoms with E-state index in [1.54, 1.807) is 62.6 Å². The molecular weight excluding hydrogens is 429 g/mol. The van der Waals surface area contributed by atoms with E-state index in [9.17, 15) is 9.59 Å². The molecule has 1 heterocycles. The smallest absolute Gasteiger partial charge is 0.289 e. The number of hydrogen-bond donors (Lipinski definition) is 2. The fourth-order valence-corrected chi connectivity index (χ4v) is 3.09. The summed E-state index contributed by atoms with van der Waals surface area (Å²) in [5.74, 6) is -1.13. The highest BCUT2D eigenvalue weighted by molar-refractivity contribution is 6.32. The third kappa shape index (κ3) is 4.73. The Hall–Kier alpha value is -3.07. The Morgan fingerprint density at radius 2 is 1.80 bits per heavy atom. The van der Waals surface area contributed by atoms with Crippen LogP contribution in [0.25, 0.3) is 16.9 Å². The van der Waals surface area contributed by atoms with Gasteiger partial charge in [-0.05, 0) is 24.3 Å². The van der Waals surface area contributed by atoms with Crippen molar-refractivity contribution in [2.24, 2.45) is 5.73 Å². The van der Waals surface area contributed by atoms with Gasteiger partial charge in [0.15, 0.2) is 18.1 Å². The normalized spacial score (nSPS) is 10.8. The molecule has 0 fully saturated rings. The van der Waals surface area contributed by atoms with E-state index in [0.29, 0.717) is 27.0 Å². The Kier molecular flexibility index (Phi) is 6.61. The summed E-state index contributed by atoms with van der Waals surface area (Å²) in [6.07, 6.45) is 0. The first kappa shape index (κ1) is 21.6. The molecule has 10 heteroatoms. The first-order chi connectivity index (χ1) is 14.3. The predicted octanol–water partition coefficient (Wildman–Crippen LogP) is 2.92. The Morgan fingerprint density at radius 3 is 2.40 bits per heavy atom. The van der Waals surface area contributed by atoms with Crippen LogP contribution in [0.2, 0.25) is 10.0 Å². The van der Waals surface area contributed by atoms with Crippen molar-refractivity contribution in [1.82, 2.24) is 20.2 Å². The number of carbonyl (C=O) groups excluding carboxylic acids is 2. The van der Waals surface area contributed by atoms with Gasteiger partial charge >= 0.3 is 0 Å². The van der Waals surface area contributed by atoms with Gasteiger partial charge in [-0.1, -0.05) is 47.5 Å². The number of ether oxygens (including phenoxy) is 1. The van der Waals surface area contributed by atoms with Crippen molar-refractivity contribution in [3.63, 3.8) is 0 Å². The highest BCUT2D eigenvalue weighted by Gasteiger charge is 2.28. The van der Waals surface area contributed by atoms with Crippen LogP contribution in [-0.2, 0) is 4.79 Å². The summed E-state index contributed by atoms with van der Waals surface area (Å²) in [4.78, 5) is 24.2. The molecule has 156 valence electrons. The van der Waals surface area contributed by atoms with Crippen molar-refractivity contribution in [3.05, 3.63) is 64.3 Å². The molecule has 3 rings (SSSR count). The molecule has 0 saturated heterocycles. The first-order valence-electron chi connectivity index (χ1n) is 8.81. The highest BCUT2D eigenvalue weighted by atomic mass is 35.5. The van der Waals surface area contributed by atoms with Gasteiger partial charge in [-0.2, -0.15) is 5.10 Å². The van der Waals surface area contributed by atoms with E-state index in [4.69, 9.17) is 33.7 Å².